The first-order chi connectivity index (χ1) is 16.1. The Morgan fingerprint density at radius 3 is 2.68 bits per heavy atom. The van der Waals surface area contributed by atoms with E-state index >= 15 is 0 Å². The topological polar surface area (TPSA) is 183 Å². The van der Waals surface area contributed by atoms with Gasteiger partial charge in [0.2, 0.25) is 5.95 Å². The van der Waals surface area contributed by atoms with E-state index in [2.05, 4.69) is 15.3 Å². The van der Waals surface area contributed by atoms with Crippen molar-refractivity contribution in [3.8, 4) is 6.07 Å². The molecule has 4 rings (SSSR count). The van der Waals surface area contributed by atoms with Crippen molar-refractivity contribution in [1.82, 2.24) is 19.5 Å². The number of hydrogen-bond donors (Lipinski definition) is 3. The summed E-state index contributed by atoms with van der Waals surface area (Å²) in [5.41, 5.74) is 11.7. The van der Waals surface area contributed by atoms with Crippen LogP contribution in [0.2, 0.25) is 5.02 Å². The van der Waals surface area contributed by atoms with Gasteiger partial charge in [0.05, 0.1) is 27.7 Å². The van der Waals surface area contributed by atoms with E-state index in [1.165, 1.54) is 4.57 Å². The molecule has 13 heteroatoms. The summed E-state index contributed by atoms with van der Waals surface area (Å²) in [4.78, 5) is 26.2. The number of nitrogens with two attached hydrogens (primary N) is 2. The Morgan fingerprint density at radius 2 is 2.03 bits per heavy atom. The maximum absolute atomic E-state index is 13.5. The molecule has 0 bridgehead atoms. The third-order valence-corrected chi connectivity index (χ3v) is 6.93. The van der Waals surface area contributed by atoms with Crippen molar-refractivity contribution in [3.63, 3.8) is 0 Å². The van der Waals surface area contributed by atoms with E-state index in [0.717, 1.165) is 19.1 Å². The summed E-state index contributed by atoms with van der Waals surface area (Å²) in [6, 6.07) is 6.48. The number of hydrogen-bond acceptors (Lipinski definition) is 10. The molecule has 178 valence electrons. The van der Waals surface area contributed by atoms with Gasteiger partial charge in [-0.1, -0.05) is 17.7 Å². The Morgan fingerprint density at radius 1 is 1.29 bits per heavy atom. The van der Waals surface area contributed by atoms with Gasteiger partial charge in [-0.3, -0.25) is 9.36 Å². The Bertz CT molecular complexity index is 1480. The molecule has 3 aromatic rings. The van der Waals surface area contributed by atoms with Crippen LogP contribution in [0.15, 0.2) is 23.0 Å². The molecular weight excluding hydrogens is 480 g/mol. The van der Waals surface area contributed by atoms with Gasteiger partial charge >= 0.3 is 0 Å². The number of nitrogen functional groups attached to an aromatic ring is 2. The van der Waals surface area contributed by atoms with Crippen LogP contribution >= 0.6 is 11.6 Å². The van der Waals surface area contributed by atoms with Gasteiger partial charge in [-0.15, -0.1) is 0 Å². The molecule has 5 N–H and O–H groups in total. The lowest BCUT2D eigenvalue weighted by molar-refractivity contribution is 0.534. The van der Waals surface area contributed by atoms with Crippen molar-refractivity contribution in [2.24, 2.45) is 5.92 Å². The molecule has 34 heavy (non-hydrogen) atoms. The minimum Gasteiger partial charge on any atom is -0.382 e. The number of benzene rings is 1. The first-order valence-corrected chi connectivity index (χ1v) is 13.0. The van der Waals surface area contributed by atoms with Crippen LogP contribution in [0.4, 0.5) is 17.6 Å². The van der Waals surface area contributed by atoms with Crippen molar-refractivity contribution < 1.29 is 8.42 Å². The molecule has 1 aromatic carbocycles. The van der Waals surface area contributed by atoms with E-state index in [1.807, 2.05) is 6.07 Å². The average Bonchev–Trinajstić information content (AvgIpc) is 3.57. The molecule has 0 spiro atoms. The number of nitrogens with zero attached hydrogens (tertiary/aromatic N) is 5. The van der Waals surface area contributed by atoms with Crippen molar-refractivity contribution >= 4 is 49.9 Å². The van der Waals surface area contributed by atoms with Gasteiger partial charge in [0.25, 0.3) is 5.56 Å². The fourth-order valence-electron chi connectivity index (χ4n) is 3.86. The van der Waals surface area contributed by atoms with Gasteiger partial charge in [-0.05, 0) is 37.3 Å². The lowest BCUT2D eigenvalue weighted by atomic mass is 10.1. The summed E-state index contributed by atoms with van der Waals surface area (Å²) in [6.07, 6.45) is 3.09. The van der Waals surface area contributed by atoms with Crippen LogP contribution in [0.3, 0.4) is 0 Å². The predicted molar refractivity (Wildman–Crippen MR) is 130 cm³/mol. The second kappa shape index (κ2) is 9.08. The number of nitrogens with one attached hydrogen (secondary N) is 1. The zero-order valence-electron chi connectivity index (χ0n) is 18.3. The number of aromatic nitrogens is 4. The number of rotatable bonds is 8. The Balaban J connectivity index is 1.86. The van der Waals surface area contributed by atoms with E-state index in [1.54, 1.807) is 18.2 Å². The Kier molecular flexibility index (Phi) is 6.33. The molecule has 1 aliphatic carbocycles. The highest BCUT2D eigenvalue weighted by molar-refractivity contribution is 7.90. The summed E-state index contributed by atoms with van der Waals surface area (Å²) in [5, 5.41) is 13.3. The summed E-state index contributed by atoms with van der Waals surface area (Å²) >= 11 is 6.31. The summed E-state index contributed by atoms with van der Waals surface area (Å²) < 4.78 is 24.8. The monoisotopic (exact) mass is 502 g/mol. The van der Waals surface area contributed by atoms with Crippen LogP contribution in [-0.4, -0.2) is 39.9 Å². The first kappa shape index (κ1) is 23.7. The minimum absolute atomic E-state index is 0.0367. The molecule has 1 atom stereocenters. The van der Waals surface area contributed by atoms with Crippen LogP contribution in [0.25, 0.3) is 10.9 Å². The number of halogens is 1. The van der Waals surface area contributed by atoms with Gasteiger partial charge in [0.1, 0.15) is 33.1 Å². The predicted octanol–water partition coefficient (Wildman–Crippen LogP) is 1.87. The SMILES string of the molecule is CS(=O)(=O)CCCn1c([C@@H](Nc2nc(N)nc(N)c2C#N)C2CC2)nc2cccc(Cl)c2c1=O. The standard InChI is InChI=1S/C21H23ClN8O3S/c1-34(32,33)9-3-8-30-19(26-14-5-2-4-13(22)15(14)20(30)31)16(11-6-7-11)27-18-12(10-23)17(24)28-21(25)29-18/h2,4-5,11,16H,3,6-9H2,1H3,(H5,24,25,27,28,29)/t16-/m0/s1. The molecule has 1 fully saturated rings. The number of fused-ring (bicyclic) bond motifs is 1. The molecule has 0 aliphatic heterocycles. The summed E-state index contributed by atoms with van der Waals surface area (Å²) in [5.74, 6) is 0.406. The van der Waals surface area contributed by atoms with Crippen LogP contribution in [0, 0.1) is 17.2 Å². The minimum atomic E-state index is -3.22. The highest BCUT2D eigenvalue weighted by atomic mass is 35.5. The van der Waals surface area contributed by atoms with Gasteiger partial charge in [-0.2, -0.15) is 15.2 Å². The van der Waals surface area contributed by atoms with Crippen molar-refractivity contribution in [1.29, 1.82) is 5.26 Å². The Hall–Kier alpha value is -3.43. The quantitative estimate of drug-likeness (QED) is 0.410. The van der Waals surface area contributed by atoms with E-state index in [4.69, 9.17) is 28.1 Å². The van der Waals surface area contributed by atoms with Crippen molar-refractivity contribution in [3.05, 3.63) is 45.0 Å². The number of sulfone groups is 1. The van der Waals surface area contributed by atoms with E-state index in [-0.39, 0.29) is 63.8 Å². The van der Waals surface area contributed by atoms with Crippen LogP contribution in [0.1, 0.15) is 36.7 Å². The number of nitriles is 1. The maximum Gasteiger partial charge on any atom is 0.262 e. The number of anilines is 3. The molecule has 0 amide bonds. The van der Waals surface area contributed by atoms with Gasteiger partial charge < -0.3 is 16.8 Å². The maximum atomic E-state index is 13.5. The summed E-state index contributed by atoms with van der Waals surface area (Å²) in [6.45, 7) is 0.124. The second-order valence-corrected chi connectivity index (χ2v) is 11.0. The third-order valence-electron chi connectivity index (χ3n) is 5.59. The highest BCUT2D eigenvalue weighted by Crippen LogP contribution is 2.43. The first-order valence-electron chi connectivity index (χ1n) is 10.6. The fourth-order valence-corrected chi connectivity index (χ4v) is 4.76. The van der Waals surface area contributed by atoms with E-state index < -0.39 is 15.9 Å². The van der Waals surface area contributed by atoms with Crippen molar-refractivity contribution in [2.45, 2.75) is 31.8 Å². The fraction of sp³-hybridized carbons (Fsp3) is 0.381. The zero-order chi connectivity index (χ0) is 24.6. The van der Waals surface area contributed by atoms with E-state index in [9.17, 15) is 18.5 Å². The molecular formula is C21H23ClN8O3S. The molecule has 1 saturated carbocycles. The molecule has 0 saturated heterocycles. The van der Waals surface area contributed by atoms with Gasteiger partial charge in [0, 0.05) is 12.8 Å². The van der Waals surface area contributed by atoms with E-state index in [0.29, 0.717) is 11.3 Å². The van der Waals surface area contributed by atoms with Crippen LogP contribution in [0.5, 0.6) is 0 Å². The largest absolute Gasteiger partial charge is 0.382 e. The molecule has 2 heterocycles. The molecule has 2 aromatic heterocycles. The normalized spacial score (nSPS) is 14.6. The third kappa shape index (κ3) is 4.90. The lowest BCUT2D eigenvalue weighted by Crippen LogP contribution is -2.31. The zero-order valence-corrected chi connectivity index (χ0v) is 19.9. The van der Waals surface area contributed by atoms with Gasteiger partial charge in [0.15, 0.2) is 5.82 Å². The second-order valence-electron chi connectivity index (χ2n) is 8.31. The smallest absolute Gasteiger partial charge is 0.262 e. The van der Waals surface area contributed by atoms with Crippen LogP contribution < -0.4 is 22.3 Å². The summed E-state index contributed by atoms with van der Waals surface area (Å²) in [7, 11) is -3.22. The highest BCUT2D eigenvalue weighted by Gasteiger charge is 2.37. The molecule has 1 aliphatic rings. The average molecular weight is 503 g/mol. The van der Waals surface area contributed by atoms with Crippen LogP contribution in [-0.2, 0) is 16.4 Å². The molecule has 11 nitrogen and oxygen atoms in total. The van der Waals surface area contributed by atoms with Crippen molar-refractivity contribution in [2.75, 3.05) is 28.8 Å². The Labute approximate surface area is 200 Å². The lowest BCUT2D eigenvalue weighted by Gasteiger charge is -2.23. The molecule has 0 radical (unpaired) electrons. The van der Waals surface area contributed by atoms with Gasteiger partial charge in [-0.25, -0.2) is 13.4 Å². The molecule has 0 unspecified atom stereocenters.